The number of anilines is 1. The number of carbonyl (C=O) groups is 1. The van der Waals surface area contributed by atoms with Crippen LogP contribution in [0.1, 0.15) is 15.9 Å². The van der Waals surface area contributed by atoms with E-state index in [1.165, 1.54) is 18.2 Å². The van der Waals surface area contributed by atoms with Crippen molar-refractivity contribution in [2.24, 2.45) is 0 Å². The summed E-state index contributed by atoms with van der Waals surface area (Å²) >= 11 is 0. The zero-order valence-corrected chi connectivity index (χ0v) is 10.6. The van der Waals surface area contributed by atoms with Crippen molar-refractivity contribution in [3.05, 3.63) is 59.7 Å². The summed E-state index contributed by atoms with van der Waals surface area (Å²) in [4.78, 5) is 20.5. The Kier molecular flexibility index (Phi) is 4.02. The van der Waals surface area contributed by atoms with Crippen LogP contribution in [0, 0.1) is 0 Å². The van der Waals surface area contributed by atoms with Crippen LogP contribution in [0.25, 0.3) is 0 Å². The number of carbonyl (C=O) groups excluding carboxylic acids is 1. The molecule has 110 valence electrons. The van der Waals surface area contributed by atoms with Gasteiger partial charge in [0, 0.05) is 5.69 Å². The maximum atomic E-state index is 12.8. The number of rotatable bonds is 3. The first-order valence-electron chi connectivity index (χ1n) is 5.78. The molecule has 0 bridgehead atoms. The Bertz CT molecular complexity index is 642. The third-order valence-electron chi connectivity index (χ3n) is 2.53. The topological polar surface area (TPSA) is 61.6 Å². The second-order valence-electron chi connectivity index (χ2n) is 4.07. The molecular formula is C14H10F3NO3. The summed E-state index contributed by atoms with van der Waals surface area (Å²) in [6.45, 7) is 0. The van der Waals surface area contributed by atoms with E-state index in [1.807, 2.05) is 0 Å². The Hall–Kier alpha value is -2.70. The molecule has 0 atom stereocenters. The zero-order valence-electron chi connectivity index (χ0n) is 10.6. The van der Waals surface area contributed by atoms with E-state index < -0.39 is 23.5 Å². The molecule has 2 aromatic carbocycles. The summed E-state index contributed by atoms with van der Waals surface area (Å²) < 4.78 is 38.4. The summed E-state index contributed by atoms with van der Waals surface area (Å²) in [6.07, 6.45) is -4.68. The zero-order chi connectivity index (χ0) is 15.5. The molecule has 0 unspecified atom stereocenters. The second-order valence-corrected chi connectivity index (χ2v) is 4.07. The first-order valence-corrected chi connectivity index (χ1v) is 5.78. The Labute approximate surface area is 117 Å². The lowest BCUT2D eigenvalue weighted by atomic mass is 10.2. The molecule has 0 aliphatic heterocycles. The molecule has 0 aliphatic rings. The van der Waals surface area contributed by atoms with Gasteiger partial charge >= 0.3 is 12.1 Å². The molecule has 0 aromatic heterocycles. The summed E-state index contributed by atoms with van der Waals surface area (Å²) in [5.74, 6) is -1.54. The number of benzene rings is 2. The van der Waals surface area contributed by atoms with Gasteiger partial charge in [0.2, 0.25) is 0 Å². The van der Waals surface area contributed by atoms with Crippen molar-refractivity contribution >= 4 is 11.7 Å². The van der Waals surface area contributed by atoms with Gasteiger partial charge in [0.1, 0.15) is 5.56 Å². The average Bonchev–Trinajstić information content (AvgIpc) is 2.45. The van der Waals surface area contributed by atoms with Crippen LogP contribution in [0.2, 0.25) is 0 Å². The van der Waals surface area contributed by atoms with E-state index in [1.54, 1.807) is 18.2 Å². The van der Waals surface area contributed by atoms with Gasteiger partial charge in [-0.15, -0.1) is 0 Å². The van der Waals surface area contributed by atoms with Crippen molar-refractivity contribution in [1.29, 1.82) is 0 Å². The fraction of sp³-hybridized carbons (Fsp3) is 0.0714. The molecule has 0 heterocycles. The fourth-order valence-corrected chi connectivity index (χ4v) is 1.55. The smallest absolute Gasteiger partial charge is 0.399 e. The lowest BCUT2D eigenvalue weighted by molar-refractivity contribution is -0.167. The van der Waals surface area contributed by atoms with E-state index in [2.05, 4.69) is 9.78 Å². The predicted octanol–water partition coefficient (Wildman–Crippen LogP) is 3.44. The number of nitrogen functional groups attached to an aromatic ring is 1. The van der Waals surface area contributed by atoms with Gasteiger partial charge in [0.15, 0.2) is 5.75 Å². The van der Waals surface area contributed by atoms with E-state index in [0.717, 1.165) is 6.07 Å². The van der Waals surface area contributed by atoms with Crippen LogP contribution >= 0.6 is 0 Å². The van der Waals surface area contributed by atoms with Gasteiger partial charge in [-0.25, -0.2) is 9.68 Å². The molecule has 0 spiro atoms. The van der Waals surface area contributed by atoms with Gasteiger partial charge < -0.3 is 5.73 Å². The Morgan fingerprint density at radius 2 is 1.71 bits per heavy atom. The number of hydrogen-bond donors (Lipinski definition) is 1. The molecule has 4 nitrogen and oxygen atoms in total. The summed E-state index contributed by atoms with van der Waals surface area (Å²) in [5.41, 5.74) is 4.26. The maximum Gasteiger partial charge on any atom is 0.420 e. The second kappa shape index (κ2) is 5.74. The molecule has 7 heteroatoms. The van der Waals surface area contributed by atoms with Crippen molar-refractivity contribution in [3.63, 3.8) is 0 Å². The van der Waals surface area contributed by atoms with Crippen molar-refractivity contribution in [2.75, 3.05) is 5.73 Å². The maximum absolute atomic E-state index is 12.8. The molecule has 0 saturated heterocycles. The number of hydrogen-bond acceptors (Lipinski definition) is 4. The normalized spacial score (nSPS) is 11.0. The molecule has 0 amide bonds. The minimum absolute atomic E-state index is 0.0796. The molecule has 0 aliphatic carbocycles. The van der Waals surface area contributed by atoms with Gasteiger partial charge in [-0.3, -0.25) is 4.89 Å². The molecule has 0 radical (unpaired) electrons. The largest absolute Gasteiger partial charge is 0.420 e. The van der Waals surface area contributed by atoms with Gasteiger partial charge in [0.05, 0.1) is 5.56 Å². The van der Waals surface area contributed by atoms with Crippen molar-refractivity contribution in [1.82, 2.24) is 0 Å². The van der Waals surface area contributed by atoms with E-state index >= 15 is 0 Å². The predicted molar refractivity (Wildman–Crippen MR) is 68.3 cm³/mol. The lowest BCUT2D eigenvalue weighted by Crippen LogP contribution is -2.13. The highest BCUT2D eigenvalue weighted by molar-refractivity contribution is 5.88. The Morgan fingerprint density at radius 1 is 1.05 bits per heavy atom. The molecule has 21 heavy (non-hydrogen) atoms. The average molecular weight is 297 g/mol. The van der Waals surface area contributed by atoms with Crippen LogP contribution in [-0.2, 0) is 11.1 Å². The minimum Gasteiger partial charge on any atom is -0.399 e. The highest BCUT2D eigenvalue weighted by Gasteiger charge is 2.35. The quantitative estimate of drug-likeness (QED) is 0.535. The number of alkyl halides is 3. The summed E-state index contributed by atoms with van der Waals surface area (Å²) in [6, 6.07) is 10.6. The standard InChI is InChI=1S/C14H10F3NO3/c15-14(16,17)11-8-10(18)6-7-12(11)20-21-13(19)9-4-2-1-3-5-9/h1-8H,18H2. The van der Waals surface area contributed by atoms with Gasteiger partial charge in [0.25, 0.3) is 0 Å². The molecule has 2 N–H and O–H groups in total. The third-order valence-corrected chi connectivity index (χ3v) is 2.53. The van der Waals surface area contributed by atoms with E-state index in [-0.39, 0.29) is 11.3 Å². The highest BCUT2D eigenvalue weighted by Crippen LogP contribution is 2.37. The van der Waals surface area contributed by atoms with E-state index in [4.69, 9.17) is 5.73 Å². The van der Waals surface area contributed by atoms with Crippen LogP contribution < -0.4 is 10.6 Å². The minimum atomic E-state index is -4.68. The molecular weight excluding hydrogens is 287 g/mol. The summed E-state index contributed by atoms with van der Waals surface area (Å²) in [7, 11) is 0. The third kappa shape index (κ3) is 3.65. The van der Waals surface area contributed by atoms with Gasteiger partial charge in [-0.2, -0.15) is 13.2 Å². The molecule has 0 fully saturated rings. The summed E-state index contributed by atoms with van der Waals surface area (Å²) in [5, 5.41) is 0. The molecule has 2 aromatic rings. The van der Waals surface area contributed by atoms with Gasteiger partial charge in [-0.05, 0) is 30.3 Å². The number of halogens is 3. The lowest BCUT2D eigenvalue weighted by Gasteiger charge is -2.12. The number of nitrogens with two attached hydrogens (primary N) is 1. The Balaban J connectivity index is 2.16. The van der Waals surface area contributed by atoms with Crippen LogP contribution in [0.5, 0.6) is 5.75 Å². The SMILES string of the molecule is Nc1ccc(OOC(=O)c2ccccc2)c(C(F)(F)F)c1. The van der Waals surface area contributed by atoms with Crippen molar-refractivity contribution < 1.29 is 27.7 Å². The van der Waals surface area contributed by atoms with Crippen LogP contribution in [0.15, 0.2) is 48.5 Å². The van der Waals surface area contributed by atoms with E-state index in [9.17, 15) is 18.0 Å². The van der Waals surface area contributed by atoms with Crippen molar-refractivity contribution in [3.8, 4) is 5.75 Å². The fourth-order valence-electron chi connectivity index (χ4n) is 1.55. The molecule has 0 saturated carbocycles. The van der Waals surface area contributed by atoms with Crippen molar-refractivity contribution in [2.45, 2.75) is 6.18 Å². The Morgan fingerprint density at radius 3 is 2.33 bits per heavy atom. The van der Waals surface area contributed by atoms with Crippen LogP contribution in [0.3, 0.4) is 0 Å². The van der Waals surface area contributed by atoms with Crippen LogP contribution in [-0.4, -0.2) is 5.97 Å². The monoisotopic (exact) mass is 297 g/mol. The van der Waals surface area contributed by atoms with Gasteiger partial charge in [-0.1, -0.05) is 18.2 Å². The first kappa shape index (κ1) is 14.7. The highest BCUT2D eigenvalue weighted by atomic mass is 19.4. The molecule has 2 rings (SSSR count). The van der Waals surface area contributed by atoms with E-state index in [0.29, 0.717) is 6.07 Å². The van der Waals surface area contributed by atoms with Crippen LogP contribution in [0.4, 0.5) is 18.9 Å². The first-order chi connectivity index (χ1) is 9.88.